The quantitative estimate of drug-likeness (QED) is 0.727. The maximum atomic E-state index is 5.19. The molecule has 1 unspecified atom stereocenters. The summed E-state index contributed by atoms with van der Waals surface area (Å²) in [6.45, 7) is 3.19. The number of nitrogens with zero attached hydrogens (tertiary/aromatic N) is 1. The number of rotatable bonds is 8. The highest BCUT2D eigenvalue weighted by molar-refractivity contribution is 5.29. The van der Waals surface area contributed by atoms with Crippen LogP contribution in [0.15, 0.2) is 36.7 Å². The molecule has 1 atom stereocenters. The summed E-state index contributed by atoms with van der Waals surface area (Å²) in [5.74, 6) is 1.96. The number of nitrogens with one attached hydrogen (secondary N) is 2. The molecule has 0 aliphatic carbocycles. The van der Waals surface area contributed by atoms with Gasteiger partial charge in [-0.15, -0.1) is 0 Å². The number of H-pyrrole nitrogens is 1. The summed E-state index contributed by atoms with van der Waals surface area (Å²) >= 11 is 0. The molecule has 1 aromatic carbocycles. The molecule has 0 amide bonds. The molecule has 0 aliphatic rings. The second kappa shape index (κ2) is 7.70. The van der Waals surface area contributed by atoms with Gasteiger partial charge in [-0.25, -0.2) is 4.98 Å². The first-order chi connectivity index (χ1) is 9.83. The molecule has 1 aromatic heterocycles. The summed E-state index contributed by atoms with van der Waals surface area (Å²) in [5.41, 5.74) is 1.31. The maximum Gasteiger partial charge on any atom is 0.118 e. The third-order valence-electron chi connectivity index (χ3n) is 3.46. The molecule has 4 heteroatoms. The molecule has 2 aromatic rings. The van der Waals surface area contributed by atoms with Gasteiger partial charge in [0.1, 0.15) is 11.6 Å². The Balaban J connectivity index is 1.79. The lowest BCUT2D eigenvalue weighted by molar-refractivity contribution is 0.414. The first-order valence-electron chi connectivity index (χ1n) is 7.19. The molecule has 0 spiro atoms. The number of ether oxygens (including phenoxy) is 1. The van der Waals surface area contributed by atoms with Crippen molar-refractivity contribution in [3.05, 3.63) is 48.0 Å². The van der Waals surface area contributed by atoms with E-state index in [1.165, 1.54) is 5.56 Å². The standard InChI is InChI=1S/C16H23N3O/c1-3-15(13-6-8-14(20-2)9-7-13)17-10-4-5-16-18-11-12-19-16/h6-9,11-12,15,17H,3-5,10H2,1-2H3,(H,18,19). The van der Waals surface area contributed by atoms with Crippen LogP contribution in [0, 0.1) is 0 Å². The number of aryl methyl sites for hydroxylation is 1. The van der Waals surface area contributed by atoms with Crippen LogP contribution in [-0.2, 0) is 6.42 Å². The Hall–Kier alpha value is -1.81. The Kier molecular flexibility index (Phi) is 5.62. The third-order valence-corrected chi connectivity index (χ3v) is 3.46. The second-order valence-corrected chi connectivity index (χ2v) is 4.83. The lowest BCUT2D eigenvalue weighted by Crippen LogP contribution is -2.22. The highest BCUT2D eigenvalue weighted by Gasteiger charge is 2.08. The van der Waals surface area contributed by atoms with Gasteiger partial charge in [0.2, 0.25) is 0 Å². The molecule has 2 N–H and O–H groups in total. The highest BCUT2D eigenvalue weighted by atomic mass is 16.5. The minimum absolute atomic E-state index is 0.400. The van der Waals surface area contributed by atoms with Gasteiger partial charge in [-0.1, -0.05) is 19.1 Å². The first kappa shape index (κ1) is 14.6. The Bertz CT molecular complexity index is 479. The molecule has 4 nitrogen and oxygen atoms in total. The van der Waals surface area contributed by atoms with Crippen LogP contribution in [0.3, 0.4) is 0 Å². The van der Waals surface area contributed by atoms with Crippen LogP contribution in [0.1, 0.15) is 37.2 Å². The topological polar surface area (TPSA) is 49.9 Å². The molecule has 0 fully saturated rings. The normalized spacial score (nSPS) is 12.3. The van der Waals surface area contributed by atoms with Crippen molar-refractivity contribution < 1.29 is 4.74 Å². The van der Waals surface area contributed by atoms with Gasteiger partial charge in [0.05, 0.1) is 7.11 Å². The molecule has 1 heterocycles. The first-order valence-corrected chi connectivity index (χ1v) is 7.19. The number of benzene rings is 1. The van der Waals surface area contributed by atoms with E-state index in [2.05, 4.69) is 34.3 Å². The fraction of sp³-hybridized carbons (Fsp3) is 0.438. The molecule has 0 aliphatic heterocycles. The molecule has 20 heavy (non-hydrogen) atoms. The minimum Gasteiger partial charge on any atom is -0.497 e. The van der Waals surface area contributed by atoms with E-state index in [-0.39, 0.29) is 0 Å². The number of hydrogen-bond donors (Lipinski definition) is 2. The van der Waals surface area contributed by atoms with Gasteiger partial charge in [0.25, 0.3) is 0 Å². The van der Waals surface area contributed by atoms with Gasteiger partial charge in [-0.05, 0) is 37.1 Å². The average molecular weight is 273 g/mol. The van der Waals surface area contributed by atoms with Crippen molar-refractivity contribution in [2.45, 2.75) is 32.2 Å². The summed E-state index contributed by atoms with van der Waals surface area (Å²) in [4.78, 5) is 7.36. The second-order valence-electron chi connectivity index (χ2n) is 4.83. The van der Waals surface area contributed by atoms with Crippen LogP contribution in [-0.4, -0.2) is 23.6 Å². The van der Waals surface area contributed by atoms with E-state index in [4.69, 9.17) is 4.74 Å². The van der Waals surface area contributed by atoms with Crippen molar-refractivity contribution in [2.75, 3.05) is 13.7 Å². The molecule has 108 valence electrons. The number of methoxy groups -OCH3 is 1. The van der Waals surface area contributed by atoms with E-state index in [9.17, 15) is 0 Å². The van der Waals surface area contributed by atoms with Crippen molar-refractivity contribution in [3.8, 4) is 5.75 Å². The van der Waals surface area contributed by atoms with Crippen LogP contribution in [0.5, 0.6) is 5.75 Å². The summed E-state index contributed by atoms with van der Waals surface area (Å²) in [6.07, 6.45) is 6.82. The van der Waals surface area contributed by atoms with Crippen LogP contribution >= 0.6 is 0 Å². The third kappa shape index (κ3) is 4.10. The number of aromatic nitrogens is 2. The van der Waals surface area contributed by atoms with Crippen molar-refractivity contribution in [3.63, 3.8) is 0 Å². The summed E-state index contributed by atoms with van der Waals surface area (Å²) < 4.78 is 5.19. The largest absolute Gasteiger partial charge is 0.497 e. The van der Waals surface area contributed by atoms with Gasteiger partial charge in [0, 0.05) is 24.9 Å². The fourth-order valence-corrected chi connectivity index (χ4v) is 2.30. The van der Waals surface area contributed by atoms with E-state index in [1.807, 2.05) is 18.3 Å². The van der Waals surface area contributed by atoms with Crippen LogP contribution < -0.4 is 10.1 Å². The van der Waals surface area contributed by atoms with Crippen molar-refractivity contribution in [1.29, 1.82) is 0 Å². The minimum atomic E-state index is 0.400. The van der Waals surface area contributed by atoms with Crippen molar-refractivity contribution >= 4 is 0 Å². The van der Waals surface area contributed by atoms with E-state index in [0.717, 1.165) is 37.4 Å². The smallest absolute Gasteiger partial charge is 0.118 e. The van der Waals surface area contributed by atoms with E-state index < -0.39 is 0 Å². The van der Waals surface area contributed by atoms with Crippen molar-refractivity contribution in [2.24, 2.45) is 0 Å². The van der Waals surface area contributed by atoms with E-state index in [1.54, 1.807) is 13.3 Å². The Morgan fingerprint density at radius 1 is 1.30 bits per heavy atom. The summed E-state index contributed by atoms with van der Waals surface area (Å²) in [6, 6.07) is 8.70. The van der Waals surface area contributed by atoms with Crippen molar-refractivity contribution in [1.82, 2.24) is 15.3 Å². The zero-order valence-corrected chi connectivity index (χ0v) is 12.2. The molecule has 0 radical (unpaired) electrons. The number of imidazole rings is 1. The van der Waals surface area contributed by atoms with Gasteiger partial charge >= 0.3 is 0 Å². The number of hydrogen-bond acceptors (Lipinski definition) is 3. The molecule has 2 rings (SSSR count). The molecular formula is C16H23N3O. The predicted octanol–water partition coefficient (Wildman–Crippen LogP) is 3.09. The SMILES string of the molecule is CCC(NCCCc1ncc[nH]1)c1ccc(OC)cc1. The van der Waals surface area contributed by atoms with E-state index >= 15 is 0 Å². The van der Waals surface area contributed by atoms with Gasteiger partial charge in [0.15, 0.2) is 0 Å². The molecule has 0 saturated carbocycles. The van der Waals surface area contributed by atoms with Gasteiger partial charge in [-0.3, -0.25) is 0 Å². The van der Waals surface area contributed by atoms with Gasteiger partial charge in [-0.2, -0.15) is 0 Å². The average Bonchev–Trinajstić information content (AvgIpc) is 3.01. The lowest BCUT2D eigenvalue weighted by atomic mass is 10.0. The summed E-state index contributed by atoms with van der Waals surface area (Å²) in [7, 11) is 1.69. The lowest BCUT2D eigenvalue weighted by Gasteiger charge is -2.17. The zero-order valence-electron chi connectivity index (χ0n) is 12.2. The van der Waals surface area contributed by atoms with Crippen LogP contribution in [0.25, 0.3) is 0 Å². The maximum absolute atomic E-state index is 5.19. The fourth-order valence-electron chi connectivity index (χ4n) is 2.30. The summed E-state index contributed by atoms with van der Waals surface area (Å²) in [5, 5.41) is 3.60. The van der Waals surface area contributed by atoms with E-state index in [0.29, 0.717) is 6.04 Å². The highest BCUT2D eigenvalue weighted by Crippen LogP contribution is 2.19. The monoisotopic (exact) mass is 273 g/mol. The van der Waals surface area contributed by atoms with Crippen LogP contribution in [0.4, 0.5) is 0 Å². The zero-order chi connectivity index (χ0) is 14.2. The number of aromatic amines is 1. The Morgan fingerprint density at radius 2 is 2.10 bits per heavy atom. The molecule has 0 saturated heterocycles. The predicted molar refractivity (Wildman–Crippen MR) is 80.9 cm³/mol. The Labute approximate surface area is 120 Å². The van der Waals surface area contributed by atoms with Crippen LogP contribution in [0.2, 0.25) is 0 Å². The molecular weight excluding hydrogens is 250 g/mol. The molecule has 0 bridgehead atoms. The Morgan fingerprint density at radius 3 is 2.70 bits per heavy atom. The van der Waals surface area contributed by atoms with Gasteiger partial charge < -0.3 is 15.0 Å².